The molecule has 0 spiro atoms. The number of amides is 1. The van der Waals surface area contributed by atoms with E-state index >= 15 is 0 Å². The third-order valence-electron chi connectivity index (χ3n) is 5.37. The molecule has 0 aliphatic rings. The van der Waals surface area contributed by atoms with Gasteiger partial charge in [0.1, 0.15) is 11.3 Å². The Labute approximate surface area is 214 Å². The van der Waals surface area contributed by atoms with Crippen molar-refractivity contribution in [3.63, 3.8) is 0 Å². The number of benzene rings is 2. The smallest absolute Gasteiger partial charge is 0.263 e. The summed E-state index contributed by atoms with van der Waals surface area (Å²) < 4.78 is 8.05. The average molecular weight is 520 g/mol. The normalized spacial score (nSPS) is 11.0. The second kappa shape index (κ2) is 11.2. The molecule has 7 nitrogen and oxygen atoms in total. The van der Waals surface area contributed by atoms with E-state index < -0.39 is 0 Å². The number of ether oxygens (including phenoxy) is 1. The minimum Gasteiger partial charge on any atom is -0.494 e. The first-order valence-electron chi connectivity index (χ1n) is 10.6. The lowest BCUT2D eigenvalue weighted by Crippen LogP contribution is -2.33. The zero-order valence-corrected chi connectivity index (χ0v) is 21.9. The molecule has 0 aliphatic heterocycles. The summed E-state index contributed by atoms with van der Waals surface area (Å²) in [5.74, 6) is 0.494. The largest absolute Gasteiger partial charge is 0.494 e. The number of rotatable bonds is 8. The van der Waals surface area contributed by atoms with Crippen LogP contribution in [0.2, 0.25) is 5.02 Å². The summed E-state index contributed by atoms with van der Waals surface area (Å²) in [4.78, 5) is 22.3. The minimum absolute atomic E-state index is 0. The molecule has 0 N–H and O–H groups in total. The van der Waals surface area contributed by atoms with Gasteiger partial charge < -0.3 is 9.64 Å². The Kier molecular flexibility index (Phi) is 8.54. The standard InChI is InChI=1S/C24H26ClN5O2S.ClH/c1-16-18(15-26-30(16)17-9-6-5-7-10-17)23(31)29(14-8-13-28(2)3)24-27-21-20(32-4)12-11-19(25)22(21)33-24;/h5-7,9-12,15H,8,13-14H2,1-4H3;1H. The molecule has 10 heteroatoms. The second-order valence-corrected chi connectivity index (χ2v) is 9.31. The SMILES string of the molecule is COc1ccc(Cl)c2sc(N(CCCN(C)C)C(=O)c3cnn(-c4ccccc4)c3C)nc12.Cl. The number of methoxy groups -OCH3 is 1. The number of halogens is 2. The van der Waals surface area contributed by atoms with E-state index in [1.807, 2.05) is 51.4 Å². The molecule has 0 radical (unpaired) electrons. The van der Waals surface area contributed by atoms with Gasteiger partial charge in [-0.25, -0.2) is 9.67 Å². The van der Waals surface area contributed by atoms with Gasteiger partial charge in [0.05, 0.1) is 40.0 Å². The van der Waals surface area contributed by atoms with Crippen LogP contribution in [0.3, 0.4) is 0 Å². The van der Waals surface area contributed by atoms with Gasteiger partial charge in [0.25, 0.3) is 5.91 Å². The number of aromatic nitrogens is 3. The van der Waals surface area contributed by atoms with Crippen molar-refractivity contribution >= 4 is 56.6 Å². The van der Waals surface area contributed by atoms with Gasteiger partial charge in [-0.1, -0.05) is 41.1 Å². The quantitative estimate of drug-likeness (QED) is 0.308. The van der Waals surface area contributed by atoms with E-state index in [2.05, 4.69) is 10.00 Å². The molecule has 2 aromatic carbocycles. The molecule has 0 atom stereocenters. The predicted octanol–water partition coefficient (Wildman–Crippen LogP) is 5.47. The summed E-state index contributed by atoms with van der Waals surface area (Å²) >= 11 is 7.83. The lowest BCUT2D eigenvalue weighted by Gasteiger charge is -2.21. The molecule has 180 valence electrons. The molecule has 0 aliphatic carbocycles. The van der Waals surface area contributed by atoms with E-state index in [-0.39, 0.29) is 18.3 Å². The maximum atomic E-state index is 13.8. The van der Waals surface area contributed by atoms with Crippen LogP contribution in [0.15, 0.2) is 48.7 Å². The molecule has 4 aromatic rings. The first-order chi connectivity index (χ1) is 15.9. The molecule has 0 bridgehead atoms. The third kappa shape index (κ3) is 5.20. The van der Waals surface area contributed by atoms with Crippen molar-refractivity contribution in [3.8, 4) is 11.4 Å². The Bertz CT molecular complexity index is 1270. The first-order valence-corrected chi connectivity index (χ1v) is 11.8. The van der Waals surface area contributed by atoms with Crippen LogP contribution in [-0.2, 0) is 0 Å². The highest BCUT2D eigenvalue weighted by molar-refractivity contribution is 7.23. The average Bonchev–Trinajstić information content (AvgIpc) is 3.42. The fourth-order valence-corrected chi connectivity index (χ4v) is 4.93. The van der Waals surface area contributed by atoms with Crippen LogP contribution in [0.25, 0.3) is 15.9 Å². The van der Waals surface area contributed by atoms with Crippen molar-refractivity contribution in [2.75, 3.05) is 39.2 Å². The highest BCUT2D eigenvalue weighted by Crippen LogP contribution is 2.39. The van der Waals surface area contributed by atoms with Gasteiger partial charge in [0.15, 0.2) is 5.13 Å². The molecule has 2 aromatic heterocycles. The van der Waals surface area contributed by atoms with Crippen molar-refractivity contribution in [3.05, 3.63) is 64.9 Å². The van der Waals surface area contributed by atoms with Crippen LogP contribution >= 0.6 is 35.3 Å². The number of hydrogen-bond donors (Lipinski definition) is 0. The van der Waals surface area contributed by atoms with Crippen LogP contribution in [0, 0.1) is 6.92 Å². The van der Waals surface area contributed by atoms with Crippen molar-refractivity contribution in [2.45, 2.75) is 13.3 Å². The molecule has 2 heterocycles. The van der Waals surface area contributed by atoms with Crippen LogP contribution in [0.1, 0.15) is 22.5 Å². The minimum atomic E-state index is -0.136. The third-order valence-corrected chi connectivity index (χ3v) is 6.91. The number of para-hydroxylation sites is 1. The maximum Gasteiger partial charge on any atom is 0.263 e. The fraction of sp³-hybridized carbons (Fsp3) is 0.292. The van der Waals surface area contributed by atoms with Crippen molar-refractivity contribution in [1.82, 2.24) is 19.7 Å². The summed E-state index contributed by atoms with van der Waals surface area (Å²) in [7, 11) is 5.63. The zero-order valence-electron chi connectivity index (χ0n) is 19.5. The molecule has 0 unspecified atom stereocenters. The van der Waals surface area contributed by atoms with Crippen molar-refractivity contribution in [1.29, 1.82) is 0 Å². The summed E-state index contributed by atoms with van der Waals surface area (Å²) in [5, 5.41) is 5.65. The van der Waals surface area contributed by atoms with E-state index in [1.165, 1.54) is 11.3 Å². The van der Waals surface area contributed by atoms with Gasteiger partial charge >= 0.3 is 0 Å². The van der Waals surface area contributed by atoms with Crippen molar-refractivity contribution < 1.29 is 9.53 Å². The van der Waals surface area contributed by atoms with Crippen LogP contribution in [-0.4, -0.2) is 59.9 Å². The van der Waals surface area contributed by atoms with Gasteiger partial charge in [-0.15, -0.1) is 12.4 Å². The molecular weight excluding hydrogens is 493 g/mol. The molecule has 1 amide bonds. The zero-order chi connectivity index (χ0) is 23.5. The number of carbonyl (C=O) groups excluding carboxylic acids is 1. The maximum absolute atomic E-state index is 13.8. The Morgan fingerprint density at radius 2 is 1.88 bits per heavy atom. The highest BCUT2D eigenvalue weighted by atomic mass is 35.5. The van der Waals surface area contributed by atoms with Gasteiger partial charge in [-0.2, -0.15) is 5.10 Å². The lowest BCUT2D eigenvalue weighted by molar-refractivity contribution is 0.0985. The fourth-order valence-electron chi connectivity index (χ4n) is 3.64. The summed E-state index contributed by atoms with van der Waals surface area (Å²) in [6.07, 6.45) is 2.43. The Hall–Kier alpha value is -2.65. The number of thiazole rings is 1. The van der Waals surface area contributed by atoms with Crippen LogP contribution in [0.5, 0.6) is 5.75 Å². The summed E-state index contributed by atoms with van der Waals surface area (Å²) in [6, 6.07) is 13.4. The number of hydrogen-bond acceptors (Lipinski definition) is 6. The highest BCUT2D eigenvalue weighted by Gasteiger charge is 2.26. The predicted molar refractivity (Wildman–Crippen MR) is 142 cm³/mol. The lowest BCUT2D eigenvalue weighted by atomic mass is 10.2. The molecule has 4 rings (SSSR count). The summed E-state index contributed by atoms with van der Waals surface area (Å²) in [5.41, 5.74) is 2.89. The number of carbonyl (C=O) groups is 1. The van der Waals surface area contributed by atoms with Crippen molar-refractivity contribution in [2.24, 2.45) is 0 Å². The van der Waals surface area contributed by atoms with Gasteiger partial charge in [0.2, 0.25) is 0 Å². The van der Waals surface area contributed by atoms with E-state index in [0.29, 0.717) is 33.5 Å². The van der Waals surface area contributed by atoms with E-state index in [4.69, 9.17) is 21.3 Å². The van der Waals surface area contributed by atoms with E-state index in [1.54, 1.807) is 35.0 Å². The Balaban J connectivity index is 0.00000324. The molecule has 34 heavy (non-hydrogen) atoms. The Morgan fingerprint density at radius 1 is 1.15 bits per heavy atom. The van der Waals surface area contributed by atoms with E-state index in [0.717, 1.165) is 29.0 Å². The van der Waals surface area contributed by atoms with Crippen LogP contribution < -0.4 is 9.64 Å². The van der Waals surface area contributed by atoms with E-state index in [9.17, 15) is 4.79 Å². The number of nitrogens with zero attached hydrogens (tertiary/aromatic N) is 5. The van der Waals surface area contributed by atoms with Gasteiger partial charge in [0, 0.05) is 6.54 Å². The first kappa shape index (κ1) is 26.0. The molecule has 0 saturated carbocycles. The van der Waals surface area contributed by atoms with Gasteiger partial charge in [-0.3, -0.25) is 9.69 Å². The summed E-state index contributed by atoms with van der Waals surface area (Å²) in [6.45, 7) is 3.28. The molecular formula is C24H27Cl2N5O2S. The van der Waals surface area contributed by atoms with Gasteiger partial charge in [-0.05, 0) is 58.3 Å². The molecule has 0 saturated heterocycles. The number of fused-ring (bicyclic) bond motifs is 1. The topological polar surface area (TPSA) is 63.5 Å². The Morgan fingerprint density at radius 3 is 2.56 bits per heavy atom. The number of anilines is 1. The molecule has 0 fully saturated rings. The monoisotopic (exact) mass is 519 g/mol. The second-order valence-electron chi connectivity index (χ2n) is 7.93. The van der Waals surface area contributed by atoms with Crippen LogP contribution in [0.4, 0.5) is 5.13 Å².